The predicted molar refractivity (Wildman–Crippen MR) is 232 cm³/mol. The monoisotopic (exact) mass is 827 g/mol. The van der Waals surface area contributed by atoms with Crippen LogP contribution < -0.4 is 15.1 Å². The van der Waals surface area contributed by atoms with Gasteiger partial charge in [0, 0.05) is 118 Å². The number of aromatic nitrogens is 3. The molecule has 4 saturated heterocycles. The highest BCUT2D eigenvalue weighted by molar-refractivity contribution is 6.05. The van der Waals surface area contributed by atoms with Crippen molar-refractivity contribution >= 4 is 40.3 Å². The Morgan fingerprint density at radius 3 is 2.33 bits per heavy atom. The lowest BCUT2D eigenvalue weighted by molar-refractivity contribution is -0.136. The summed E-state index contributed by atoms with van der Waals surface area (Å²) in [6.45, 7) is 12.5. The van der Waals surface area contributed by atoms with Crippen molar-refractivity contribution in [1.82, 2.24) is 35.0 Å². The fraction of sp³-hybridized carbons (Fsp3) is 0.562. The molecule has 320 valence electrons. The van der Waals surface area contributed by atoms with E-state index in [1.165, 1.54) is 69.1 Å². The fourth-order valence-corrected chi connectivity index (χ4v) is 12.6. The average molecular weight is 828 g/mol. The number of amides is 3. The molecule has 11 rings (SSSR count). The Hall–Kier alpha value is -4.88. The number of imide groups is 1. The Bertz CT molecular complexity index is 2360. The van der Waals surface area contributed by atoms with Crippen molar-refractivity contribution in [3.05, 3.63) is 82.8 Å². The van der Waals surface area contributed by atoms with Gasteiger partial charge < -0.3 is 24.6 Å². The summed E-state index contributed by atoms with van der Waals surface area (Å²) < 4.78 is 15.1. The highest BCUT2D eigenvalue weighted by Gasteiger charge is 2.50. The number of aromatic amines is 1. The van der Waals surface area contributed by atoms with Crippen LogP contribution in [0.15, 0.2) is 54.9 Å². The molecule has 8 heterocycles. The Morgan fingerprint density at radius 2 is 1.59 bits per heavy atom. The lowest BCUT2D eigenvalue weighted by Gasteiger charge is -2.58. The minimum atomic E-state index is -1.31. The number of hydrogen-bond donors (Lipinski definition) is 2. The topological polar surface area (TPSA) is 121 Å². The Labute approximate surface area is 357 Å². The van der Waals surface area contributed by atoms with Gasteiger partial charge in [-0.3, -0.25) is 24.6 Å². The molecule has 1 saturated carbocycles. The Morgan fingerprint density at radius 1 is 0.869 bits per heavy atom. The van der Waals surface area contributed by atoms with Crippen LogP contribution in [0, 0.1) is 16.7 Å². The molecule has 61 heavy (non-hydrogen) atoms. The van der Waals surface area contributed by atoms with Gasteiger partial charge in [-0.05, 0) is 117 Å². The van der Waals surface area contributed by atoms with E-state index in [0.29, 0.717) is 35.9 Å². The molecule has 1 unspecified atom stereocenters. The number of rotatable bonds is 8. The third-order valence-electron chi connectivity index (χ3n) is 15.6. The minimum Gasteiger partial charge on any atom is -0.371 e. The van der Waals surface area contributed by atoms with E-state index in [2.05, 4.69) is 66.3 Å². The van der Waals surface area contributed by atoms with Crippen molar-refractivity contribution in [2.45, 2.75) is 95.9 Å². The van der Waals surface area contributed by atoms with E-state index in [9.17, 15) is 14.4 Å². The van der Waals surface area contributed by atoms with Gasteiger partial charge in [0.15, 0.2) is 0 Å². The first-order chi connectivity index (χ1) is 29.4. The maximum Gasteiger partial charge on any atom is 0.255 e. The number of nitrogens with zero attached hydrogens (tertiary/aromatic N) is 7. The van der Waals surface area contributed by atoms with Gasteiger partial charge in [-0.15, -0.1) is 0 Å². The smallest absolute Gasteiger partial charge is 0.255 e. The van der Waals surface area contributed by atoms with E-state index in [-0.39, 0.29) is 30.2 Å². The number of benzene rings is 2. The van der Waals surface area contributed by atoms with Gasteiger partial charge in [0.25, 0.3) is 5.91 Å². The summed E-state index contributed by atoms with van der Waals surface area (Å²) in [6, 6.07) is 13.9. The molecule has 2 aromatic heterocycles. The van der Waals surface area contributed by atoms with E-state index in [1.807, 2.05) is 18.5 Å². The van der Waals surface area contributed by atoms with Gasteiger partial charge in [0.05, 0.1) is 6.04 Å². The molecule has 5 fully saturated rings. The summed E-state index contributed by atoms with van der Waals surface area (Å²) in [5, 5.41) is 3.65. The number of fused-ring (bicyclic) bond motifs is 4. The molecule has 12 nitrogen and oxygen atoms in total. The van der Waals surface area contributed by atoms with E-state index in [4.69, 9.17) is 9.97 Å². The number of likely N-dealkylation sites (tertiary alicyclic amines) is 1. The number of hydrogen-bond acceptors (Lipinski definition) is 9. The summed E-state index contributed by atoms with van der Waals surface area (Å²) >= 11 is 0. The molecule has 3 amide bonds. The zero-order valence-corrected chi connectivity index (χ0v) is 35.6. The van der Waals surface area contributed by atoms with Crippen LogP contribution >= 0.6 is 0 Å². The van der Waals surface area contributed by atoms with Gasteiger partial charge in [-0.1, -0.05) is 18.2 Å². The largest absolute Gasteiger partial charge is 0.371 e. The van der Waals surface area contributed by atoms with Crippen LogP contribution in [0.2, 0.25) is 0 Å². The number of carbonyl (C=O) groups is 3. The van der Waals surface area contributed by atoms with Gasteiger partial charge >= 0.3 is 0 Å². The van der Waals surface area contributed by atoms with Crippen molar-refractivity contribution in [1.29, 1.82) is 0 Å². The molecule has 2 aromatic carbocycles. The van der Waals surface area contributed by atoms with Crippen molar-refractivity contribution in [3.8, 4) is 0 Å². The minimum absolute atomic E-state index is 0.113. The van der Waals surface area contributed by atoms with E-state index in [1.54, 1.807) is 18.7 Å². The summed E-state index contributed by atoms with van der Waals surface area (Å²) in [5.41, 5.74) is 6.97. The van der Waals surface area contributed by atoms with Crippen LogP contribution in [0.1, 0.15) is 104 Å². The van der Waals surface area contributed by atoms with Crippen LogP contribution in [0.5, 0.6) is 0 Å². The Balaban J connectivity index is 0.646. The molecular formula is C48H58FN9O3. The first kappa shape index (κ1) is 39.0. The van der Waals surface area contributed by atoms with E-state index >= 15 is 4.39 Å². The second kappa shape index (κ2) is 14.6. The zero-order valence-electron chi connectivity index (χ0n) is 35.6. The highest BCUT2D eigenvalue weighted by Crippen LogP contribution is 2.54. The molecule has 0 bridgehead atoms. The van der Waals surface area contributed by atoms with E-state index in [0.717, 1.165) is 79.0 Å². The van der Waals surface area contributed by atoms with Crippen molar-refractivity contribution in [2.24, 2.45) is 16.7 Å². The number of H-pyrrole nitrogens is 1. The third kappa shape index (κ3) is 7.09. The number of carbonyl (C=O) groups excluding carboxylic acids is 3. The molecule has 0 radical (unpaired) electrons. The molecular weight excluding hydrogens is 770 g/mol. The molecule has 1 aliphatic carbocycles. The van der Waals surface area contributed by atoms with Gasteiger partial charge in [0.1, 0.15) is 11.7 Å². The van der Waals surface area contributed by atoms with Crippen LogP contribution in [0.25, 0.3) is 10.9 Å². The van der Waals surface area contributed by atoms with Crippen LogP contribution in [0.3, 0.4) is 0 Å². The highest BCUT2D eigenvalue weighted by atomic mass is 19.1. The number of para-hydroxylation sites is 1. The van der Waals surface area contributed by atoms with Gasteiger partial charge in [-0.2, -0.15) is 0 Å². The molecule has 4 aromatic rings. The zero-order chi connectivity index (χ0) is 41.7. The summed E-state index contributed by atoms with van der Waals surface area (Å²) in [7, 11) is 0. The number of anilines is 2. The van der Waals surface area contributed by atoms with Crippen molar-refractivity contribution in [2.75, 3.05) is 68.7 Å². The quantitative estimate of drug-likeness (QED) is 0.206. The van der Waals surface area contributed by atoms with Gasteiger partial charge in [-0.25, -0.2) is 14.4 Å². The first-order valence-corrected chi connectivity index (χ1v) is 22.7. The third-order valence-corrected chi connectivity index (χ3v) is 15.6. The number of piperidine rings is 3. The lowest BCUT2D eigenvalue weighted by atomic mass is 9.57. The summed E-state index contributed by atoms with van der Waals surface area (Å²) in [5.74, 6) is 0.848. The second-order valence-electron chi connectivity index (χ2n) is 20.4. The first-order valence-electron chi connectivity index (χ1n) is 22.7. The summed E-state index contributed by atoms with van der Waals surface area (Å²) in [4.78, 5) is 62.3. The number of alkyl halides is 1. The van der Waals surface area contributed by atoms with Crippen LogP contribution in [-0.4, -0.2) is 118 Å². The normalized spacial score (nSPS) is 25.5. The van der Waals surface area contributed by atoms with Crippen molar-refractivity contribution in [3.63, 3.8) is 0 Å². The standard InChI is InChI=1S/C48H58FN9O3/c1-46(2,49)28-57-16-11-37-36-5-3-4-6-38(36)52-41(37)42(57)33-24-50-45(51-25-33)56-19-12-47(13-20-56)22-31(23-47)26-54-29-48(30-54)14-17-55(18-15-48)34-7-8-35-32(21-34)27-58(44(35)61)39-9-10-40(59)53-43(39)60/h3-8,21,24-25,31,39,42,52H,9-20,22-23,26-30H2,1-2H3,(H,53,59,60)/t39?,42-/m1/s1. The molecule has 13 heteroatoms. The SMILES string of the molecule is CC(C)(F)CN1CCc2c([nH]c3ccccc23)[C@H]1c1cnc(N2CCC3(CC2)CC(CN2CC4(CCN(c5ccc6c(c5)CN(C5CCC(=O)NC5=O)C6=O)CC4)C2)C3)nc1. The number of halogens is 1. The Kier molecular flexibility index (Phi) is 9.34. The van der Waals surface area contributed by atoms with Crippen LogP contribution in [-0.2, 0) is 22.6 Å². The van der Waals surface area contributed by atoms with Crippen LogP contribution in [0.4, 0.5) is 16.0 Å². The maximum absolute atomic E-state index is 15.1. The average Bonchev–Trinajstić information content (AvgIpc) is 3.76. The molecule has 7 aliphatic rings. The molecule has 6 aliphatic heterocycles. The summed E-state index contributed by atoms with van der Waals surface area (Å²) in [6.07, 6.45) is 12.9. The second-order valence-corrected chi connectivity index (χ2v) is 20.4. The number of nitrogens with one attached hydrogen (secondary N) is 2. The lowest BCUT2D eigenvalue weighted by Crippen LogP contribution is -2.62. The molecule has 2 N–H and O–H groups in total. The van der Waals surface area contributed by atoms with Crippen molar-refractivity contribution < 1.29 is 18.8 Å². The predicted octanol–water partition coefficient (Wildman–Crippen LogP) is 6.01. The molecule has 2 spiro atoms. The molecule has 2 atom stereocenters. The van der Waals surface area contributed by atoms with E-state index < -0.39 is 11.7 Å². The van der Waals surface area contributed by atoms with Gasteiger partial charge in [0.2, 0.25) is 17.8 Å². The maximum atomic E-state index is 15.1. The fourth-order valence-electron chi connectivity index (χ4n) is 12.6.